The number of nitrogens with one attached hydrogen (secondary N) is 1. The smallest absolute Gasteiger partial charge is 0.179 e. The highest BCUT2D eigenvalue weighted by Gasteiger charge is 2.19. The number of nitrogens with zero attached hydrogens (tertiary/aromatic N) is 3. The Hall–Kier alpha value is -1.33. The van der Waals surface area contributed by atoms with Crippen LogP contribution in [0.3, 0.4) is 0 Å². The monoisotopic (exact) mass is 246 g/mol. The van der Waals surface area contributed by atoms with E-state index in [-0.39, 0.29) is 0 Å². The fourth-order valence-corrected chi connectivity index (χ4v) is 2.65. The summed E-state index contributed by atoms with van der Waals surface area (Å²) in [6.07, 6.45) is 2.13. The second-order valence-corrected chi connectivity index (χ2v) is 4.87. The molecule has 4 nitrogen and oxygen atoms in total. The van der Waals surface area contributed by atoms with Gasteiger partial charge in [-0.3, -0.25) is 0 Å². The van der Waals surface area contributed by atoms with Crippen LogP contribution in [0.4, 0.5) is 0 Å². The maximum absolute atomic E-state index is 4.67. The molecule has 1 aliphatic rings. The molecule has 5 heteroatoms. The van der Waals surface area contributed by atoms with E-state index < -0.39 is 0 Å². The normalized spacial score (nSPS) is 13.9. The SMILES string of the molecule is CCCc1nc(-c2cscn2)nc2c1CNC2. The number of aryl methyl sites for hydroxylation is 1. The maximum atomic E-state index is 4.67. The summed E-state index contributed by atoms with van der Waals surface area (Å²) in [7, 11) is 0. The van der Waals surface area contributed by atoms with Crippen molar-refractivity contribution in [2.24, 2.45) is 0 Å². The zero-order valence-corrected chi connectivity index (χ0v) is 10.5. The Bertz CT molecular complexity index is 522. The van der Waals surface area contributed by atoms with Crippen LogP contribution >= 0.6 is 11.3 Å². The average Bonchev–Trinajstić information content (AvgIpc) is 3.00. The molecule has 0 aromatic carbocycles. The molecule has 0 unspecified atom stereocenters. The van der Waals surface area contributed by atoms with Gasteiger partial charge in [-0.25, -0.2) is 15.0 Å². The Balaban J connectivity index is 2.09. The summed E-state index contributed by atoms with van der Waals surface area (Å²) in [5.74, 6) is 0.775. The van der Waals surface area contributed by atoms with Crippen LogP contribution in [0, 0.1) is 0 Å². The number of hydrogen-bond donors (Lipinski definition) is 1. The third-order valence-electron chi connectivity index (χ3n) is 2.92. The van der Waals surface area contributed by atoms with Crippen molar-refractivity contribution < 1.29 is 0 Å². The van der Waals surface area contributed by atoms with Gasteiger partial charge in [0, 0.05) is 29.7 Å². The highest BCUT2D eigenvalue weighted by molar-refractivity contribution is 7.07. The number of thiazole rings is 1. The summed E-state index contributed by atoms with van der Waals surface area (Å²) in [6, 6.07) is 0. The topological polar surface area (TPSA) is 50.7 Å². The van der Waals surface area contributed by atoms with Gasteiger partial charge in [0.2, 0.25) is 0 Å². The predicted molar refractivity (Wildman–Crippen MR) is 67.7 cm³/mol. The van der Waals surface area contributed by atoms with Gasteiger partial charge >= 0.3 is 0 Å². The van der Waals surface area contributed by atoms with Crippen LogP contribution in [0.15, 0.2) is 10.9 Å². The number of rotatable bonds is 3. The molecular weight excluding hydrogens is 232 g/mol. The van der Waals surface area contributed by atoms with Gasteiger partial charge in [0.15, 0.2) is 5.82 Å². The first-order valence-corrected chi connectivity index (χ1v) is 6.80. The Morgan fingerprint density at radius 2 is 2.29 bits per heavy atom. The van der Waals surface area contributed by atoms with E-state index in [0.717, 1.165) is 43.1 Å². The van der Waals surface area contributed by atoms with Gasteiger partial charge in [0.25, 0.3) is 0 Å². The highest BCUT2D eigenvalue weighted by Crippen LogP contribution is 2.23. The van der Waals surface area contributed by atoms with Crippen molar-refractivity contribution in [2.45, 2.75) is 32.9 Å². The second-order valence-electron chi connectivity index (χ2n) is 4.15. The van der Waals surface area contributed by atoms with Crippen molar-refractivity contribution >= 4 is 11.3 Å². The summed E-state index contributed by atoms with van der Waals surface area (Å²) in [6.45, 7) is 3.94. The van der Waals surface area contributed by atoms with Crippen molar-refractivity contribution in [2.75, 3.05) is 0 Å². The van der Waals surface area contributed by atoms with E-state index in [4.69, 9.17) is 0 Å². The summed E-state index contributed by atoms with van der Waals surface area (Å²) in [5, 5.41) is 5.34. The van der Waals surface area contributed by atoms with Crippen LogP contribution in [0.1, 0.15) is 30.3 Å². The standard InChI is InChI=1S/C12H14N4S/c1-2-3-9-8-4-13-5-10(8)16-12(15-9)11-6-17-7-14-11/h6-7,13H,2-5H2,1H3. The molecule has 0 spiro atoms. The molecule has 0 amide bonds. The van der Waals surface area contributed by atoms with E-state index in [2.05, 4.69) is 27.2 Å². The summed E-state index contributed by atoms with van der Waals surface area (Å²) >= 11 is 1.58. The summed E-state index contributed by atoms with van der Waals surface area (Å²) in [4.78, 5) is 13.6. The molecule has 3 heterocycles. The molecule has 2 aromatic heterocycles. The van der Waals surface area contributed by atoms with Crippen LogP contribution in [0.5, 0.6) is 0 Å². The van der Waals surface area contributed by atoms with Crippen molar-refractivity contribution in [1.29, 1.82) is 0 Å². The Morgan fingerprint density at radius 3 is 3.06 bits per heavy atom. The summed E-state index contributed by atoms with van der Waals surface area (Å²) < 4.78 is 0. The lowest BCUT2D eigenvalue weighted by Gasteiger charge is -2.07. The van der Waals surface area contributed by atoms with Gasteiger partial charge < -0.3 is 5.32 Å². The largest absolute Gasteiger partial charge is 0.307 e. The first-order valence-electron chi connectivity index (χ1n) is 5.86. The average molecular weight is 246 g/mol. The lowest BCUT2D eigenvalue weighted by molar-refractivity contribution is 0.753. The lowest BCUT2D eigenvalue weighted by atomic mass is 10.1. The predicted octanol–water partition coefficient (Wildman–Crippen LogP) is 2.16. The van der Waals surface area contributed by atoms with Gasteiger partial charge in [-0.05, 0) is 6.42 Å². The minimum Gasteiger partial charge on any atom is -0.307 e. The Morgan fingerprint density at radius 1 is 1.35 bits per heavy atom. The molecule has 0 saturated heterocycles. The van der Waals surface area contributed by atoms with Gasteiger partial charge in [0.05, 0.1) is 11.2 Å². The maximum Gasteiger partial charge on any atom is 0.179 e. The molecule has 0 radical (unpaired) electrons. The quantitative estimate of drug-likeness (QED) is 0.901. The zero-order chi connectivity index (χ0) is 11.7. The minimum absolute atomic E-state index is 0.775. The van der Waals surface area contributed by atoms with Gasteiger partial charge in [-0.2, -0.15) is 0 Å². The lowest BCUT2D eigenvalue weighted by Crippen LogP contribution is -2.03. The molecule has 1 N–H and O–H groups in total. The molecule has 0 aliphatic carbocycles. The molecule has 17 heavy (non-hydrogen) atoms. The Labute approximate surface area is 104 Å². The van der Waals surface area contributed by atoms with Gasteiger partial charge in [0.1, 0.15) is 5.69 Å². The molecule has 2 aromatic rings. The van der Waals surface area contributed by atoms with E-state index >= 15 is 0 Å². The van der Waals surface area contributed by atoms with Crippen molar-refractivity contribution in [3.8, 4) is 11.5 Å². The van der Waals surface area contributed by atoms with Crippen LogP contribution in [-0.2, 0) is 19.5 Å². The van der Waals surface area contributed by atoms with Crippen molar-refractivity contribution in [3.63, 3.8) is 0 Å². The van der Waals surface area contributed by atoms with Crippen molar-refractivity contribution in [3.05, 3.63) is 27.8 Å². The number of fused-ring (bicyclic) bond motifs is 1. The molecule has 0 saturated carbocycles. The van der Waals surface area contributed by atoms with E-state index in [1.54, 1.807) is 11.3 Å². The molecule has 3 rings (SSSR count). The minimum atomic E-state index is 0.775. The fourth-order valence-electron chi connectivity index (χ4n) is 2.12. The van der Waals surface area contributed by atoms with Gasteiger partial charge in [-0.15, -0.1) is 11.3 Å². The molecule has 88 valence electrons. The highest BCUT2D eigenvalue weighted by atomic mass is 32.1. The third-order valence-corrected chi connectivity index (χ3v) is 3.51. The van der Waals surface area contributed by atoms with Crippen LogP contribution in [0.2, 0.25) is 0 Å². The van der Waals surface area contributed by atoms with Gasteiger partial charge in [-0.1, -0.05) is 13.3 Å². The molecule has 0 fully saturated rings. The second kappa shape index (κ2) is 4.50. The van der Waals surface area contributed by atoms with Crippen molar-refractivity contribution in [1.82, 2.24) is 20.3 Å². The first kappa shape index (κ1) is 10.8. The number of aromatic nitrogens is 3. The van der Waals surface area contributed by atoms with E-state index in [1.165, 1.54) is 11.3 Å². The molecule has 1 aliphatic heterocycles. The fraction of sp³-hybridized carbons (Fsp3) is 0.417. The number of hydrogen-bond acceptors (Lipinski definition) is 5. The first-order chi connectivity index (χ1) is 8.38. The van der Waals surface area contributed by atoms with E-state index in [1.807, 2.05) is 10.9 Å². The van der Waals surface area contributed by atoms with E-state index in [9.17, 15) is 0 Å². The Kier molecular flexibility index (Phi) is 2.86. The van der Waals surface area contributed by atoms with Crippen LogP contribution < -0.4 is 5.32 Å². The van der Waals surface area contributed by atoms with E-state index in [0.29, 0.717) is 0 Å². The molecule has 0 atom stereocenters. The van der Waals surface area contributed by atoms with Crippen LogP contribution in [0.25, 0.3) is 11.5 Å². The third kappa shape index (κ3) is 1.96. The zero-order valence-electron chi connectivity index (χ0n) is 9.73. The summed E-state index contributed by atoms with van der Waals surface area (Å²) in [5.41, 5.74) is 6.34. The molecular formula is C12H14N4S. The van der Waals surface area contributed by atoms with Crippen LogP contribution in [-0.4, -0.2) is 15.0 Å². The molecule has 0 bridgehead atoms.